The third kappa shape index (κ3) is 4.17. The lowest BCUT2D eigenvalue weighted by atomic mass is 10.1. The van der Waals surface area contributed by atoms with Crippen molar-refractivity contribution in [2.24, 2.45) is 0 Å². The molecule has 2 N–H and O–H groups in total. The van der Waals surface area contributed by atoms with Gasteiger partial charge in [-0.15, -0.1) is 0 Å². The lowest BCUT2D eigenvalue weighted by Gasteiger charge is -2.26. The fourth-order valence-corrected chi connectivity index (χ4v) is 3.21. The molecule has 1 aliphatic rings. The van der Waals surface area contributed by atoms with E-state index in [4.69, 9.17) is 5.73 Å². The number of aromatic nitrogens is 4. The van der Waals surface area contributed by atoms with Gasteiger partial charge in [-0.25, -0.2) is 19.9 Å². The van der Waals surface area contributed by atoms with Gasteiger partial charge in [0.1, 0.15) is 23.8 Å². The molecule has 1 fully saturated rings. The number of rotatable bonds is 4. The third-order valence-electron chi connectivity index (χ3n) is 4.55. The maximum Gasteiger partial charge on any atom is 0.144 e. The molecule has 1 saturated heterocycles. The maximum absolute atomic E-state index is 5.74. The van der Waals surface area contributed by atoms with Crippen molar-refractivity contribution in [3.8, 4) is 0 Å². The Morgan fingerprint density at radius 2 is 2.12 bits per heavy atom. The van der Waals surface area contributed by atoms with E-state index in [-0.39, 0.29) is 0 Å². The first kappa shape index (κ1) is 16.6. The van der Waals surface area contributed by atoms with Crippen molar-refractivity contribution in [3.05, 3.63) is 36.2 Å². The molecule has 7 nitrogen and oxygen atoms in total. The molecular weight excluding hydrogens is 302 g/mol. The predicted octanol–water partition coefficient (Wildman–Crippen LogP) is 1.65. The summed E-state index contributed by atoms with van der Waals surface area (Å²) in [5.41, 5.74) is 6.76. The van der Waals surface area contributed by atoms with Crippen molar-refractivity contribution >= 4 is 11.6 Å². The molecule has 0 spiro atoms. The molecule has 1 atom stereocenters. The summed E-state index contributed by atoms with van der Waals surface area (Å²) in [5.74, 6) is 2.34. The fraction of sp³-hybridized carbons (Fsp3) is 0.529. The van der Waals surface area contributed by atoms with E-state index in [1.54, 1.807) is 18.6 Å². The predicted molar refractivity (Wildman–Crippen MR) is 94.5 cm³/mol. The van der Waals surface area contributed by atoms with Crippen molar-refractivity contribution in [2.75, 3.05) is 30.8 Å². The Labute approximate surface area is 143 Å². The van der Waals surface area contributed by atoms with E-state index in [0.29, 0.717) is 11.9 Å². The lowest BCUT2D eigenvalue weighted by molar-refractivity contribution is 0.212. The van der Waals surface area contributed by atoms with Gasteiger partial charge >= 0.3 is 0 Å². The van der Waals surface area contributed by atoms with Crippen LogP contribution in [0, 0.1) is 6.92 Å². The zero-order chi connectivity index (χ0) is 16.9. The molecule has 3 rings (SSSR count). The van der Waals surface area contributed by atoms with Gasteiger partial charge in [-0.3, -0.25) is 4.90 Å². The number of nitrogens with zero attached hydrogens (tertiary/aromatic N) is 6. The molecule has 2 aromatic heterocycles. The summed E-state index contributed by atoms with van der Waals surface area (Å²) < 4.78 is 0. The minimum absolute atomic E-state index is 0.517. The summed E-state index contributed by atoms with van der Waals surface area (Å²) in [4.78, 5) is 21.9. The summed E-state index contributed by atoms with van der Waals surface area (Å²) in [5, 5.41) is 0. The first-order valence-corrected chi connectivity index (χ1v) is 8.43. The highest BCUT2D eigenvalue weighted by Gasteiger charge is 2.21. The summed E-state index contributed by atoms with van der Waals surface area (Å²) in [6, 6.07) is 4.30. The third-order valence-corrected chi connectivity index (χ3v) is 4.55. The number of anilines is 2. The van der Waals surface area contributed by atoms with Crippen LogP contribution in [0.2, 0.25) is 0 Å². The standard InChI is InChI=1S/C17H25N7/c1-13-10-17(21-12-20-13)24-8-3-4-14(6-9-24)23(2)11-16-19-7-5-15(18)22-16/h5,7,10,12,14H,3-4,6,8-9,11H2,1-2H3,(H2,18,19,22)/t14-/m0/s1. The maximum atomic E-state index is 5.74. The van der Waals surface area contributed by atoms with E-state index >= 15 is 0 Å². The van der Waals surface area contributed by atoms with Crippen LogP contribution < -0.4 is 10.6 Å². The second-order valence-electron chi connectivity index (χ2n) is 6.40. The second-order valence-corrected chi connectivity index (χ2v) is 6.40. The number of nitrogen functional groups attached to an aromatic ring is 1. The van der Waals surface area contributed by atoms with Crippen LogP contribution >= 0.6 is 0 Å². The Morgan fingerprint density at radius 3 is 2.92 bits per heavy atom. The smallest absolute Gasteiger partial charge is 0.144 e. The van der Waals surface area contributed by atoms with Gasteiger partial charge < -0.3 is 10.6 Å². The van der Waals surface area contributed by atoms with Crippen LogP contribution in [0.3, 0.4) is 0 Å². The molecule has 24 heavy (non-hydrogen) atoms. The van der Waals surface area contributed by atoms with E-state index in [1.807, 2.05) is 6.92 Å². The fourth-order valence-electron chi connectivity index (χ4n) is 3.21. The largest absolute Gasteiger partial charge is 0.384 e. The molecule has 3 heterocycles. The summed E-state index contributed by atoms with van der Waals surface area (Å²) in [7, 11) is 2.14. The van der Waals surface area contributed by atoms with Crippen LogP contribution in [0.25, 0.3) is 0 Å². The molecule has 0 aromatic carbocycles. The molecule has 1 aliphatic heterocycles. The molecule has 0 radical (unpaired) electrons. The zero-order valence-corrected chi connectivity index (χ0v) is 14.4. The summed E-state index contributed by atoms with van der Waals surface area (Å²) >= 11 is 0. The molecular formula is C17H25N7. The Balaban J connectivity index is 1.60. The van der Waals surface area contributed by atoms with E-state index in [1.165, 1.54) is 6.42 Å². The van der Waals surface area contributed by atoms with Crippen molar-refractivity contribution in [2.45, 2.75) is 38.8 Å². The highest BCUT2D eigenvalue weighted by molar-refractivity contribution is 5.38. The van der Waals surface area contributed by atoms with Gasteiger partial charge in [0.15, 0.2) is 0 Å². The van der Waals surface area contributed by atoms with Crippen LogP contribution in [0.1, 0.15) is 30.8 Å². The Bertz CT molecular complexity index is 675. The molecule has 0 unspecified atom stereocenters. The van der Waals surface area contributed by atoms with Gasteiger partial charge in [0.25, 0.3) is 0 Å². The van der Waals surface area contributed by atoms with Crippen LogP contribution in [-0.2, 0) is 6.54 Å². The van der Waals surface area contributed by atoms with E-state index in [9.17, 15) is 0 Å². The number of nitrogens with two attached hydrogens (primary N) is 1. The first-order chi connectivity index (χ1) is 11.6. The quantitative estimate of drug-likeness (QED) is 0.914. The molecule has 2 aromatic rings. The first-order valence-electron chi connectivity index (χ1n) is 8.43. The molecule has 7 heteroatoms. The van der Waals surface area contributed by atoms with Gasteiger partial charge in [-0.2, -0.15) is 0 Å². The van der Waals surface area contributed by atoms with Crippen molar-refractivity contribution < 1.29 is 0 Å². The minimum Gasteiger partial charge on any atom is -0.384 e. The molecule has 128 valence electrons. The lowest BCUT2D eigenvalue weighted by Crippen LogP contribution is -2.33. The van der Waals surface area contributed by atoms with Gasteiger partial charge in [0.2, 0.25) is 0 Å². The normalized spacial score (nSPS) is 18.6. The molecule has 0 amide bonds. The second kappa shape index (κ2) is 7.53. The minimum atomic E-state index is 0.517. The average Bonchev–Trinajstić information content (AvgIpc) is 2.81. The van der Waals surface area contributed by atoms with E-state index in [0.717, 1.165) is 49.8 Å². The molecule has 0 bridgehead atoms. The van der Waals surface area contributed by atoms with Crippen molar-refractivity contribution in [1.82, 2.24) is 24.8 Å². The number of hydrogen-bond acceptors (Lipinski definition) is 7. The van der Waals surface area contributed by atoms with Gasteiger partial charge in [0, 0.05) is 37.1 Å². The number of aryl methyl sites for hydroxylation is 1. The number of hydrogen-bond donors (Lipinski definition) is 1. The van der Waals surface area contributed by atoms with Gasteiger partial charge in [-0.1, -0.05) is 0 Å². The average molecular weight is 327 g/mol. The summed E-state index contributed by atoms with van der Waals surface area (Å²) in [6.07, 6.45) is 6.78. The van der Waals surface area contributed by atoms with Crippen LogP contribution in [0.15, 0.2) is 24.7 Å². The van der Waals surface area contributed by atoms with E-state index in [2.05, 4.69) is 42.8 Å². The summed E-state index contributed by atoms with van der Waals surface area (Å²) in [6.45, 7) is 4.77. The zero-order valence-electron chi connectivity index (χ0n) is 14.4. The van der Waals surface area contributed by atoms with Crippen molar-refractivity contribution in [1.29, 1.82) is 0 Å². The van der Waals surface area contributed by atoms with E-state index < -0.39 is 0 Å². The Kier molecular flexibility index (Phi) is 5.20. The Hall–Kier alpha value is -2.28. The monoisotopic (exact) mass is 327 g/mol. The highest BCUT2D eigenvalue weighted by atomic mass is 15.2. The Morgan fingerprint density at radius 1 is 1.25 bits per heavy atom. The highest BCUT2D eigenvalue weighted by Crippen LogP contribution is 2.21. The van der Waals surface area contributed by atoms with Gasteiger partial charge in [-0.05, 0) is 39.3 Å². The van der Waals surface area contributed by atoms with Crippen LogP contribution in [0.5, 0.6) is 0 Å². The van der Waals surface area contributed by atoms with Crippen LogP contribution in [-0.4, -0.2) is 51.0 Å². The topological polar surface area (TPSA) is 84.1 Å². The molecule has 0 saturated carbocycles. The van der Waals surface area contributed by atoms with Crippen LogP contribution in [0.4, 0.5) is 11.6 Å². The SMILES string of the molecule is Cc1cc(N2CCC[C@H](N(C)Cc3nccc(N)n3)CC2)ncn1. The van der Waals surface area contributed by atoms with Gasteiger partial charge in [0.05, 0.1) is 6.54 Å². The van der Waals surface area contributed by atoms with Crippen molar-refractivity contribution in [3.63, 3.8) is 0 Å². The molecule has 0 aliphatic carbocycles.